The Morgan fingerprint density at radius 2 is 1.12 bits per heavy atom. The summed E-state index contributed by atoms with van der Waals surface area (Å²) in [6, 6.07) is 38.6. The van der Waals surface area contributed by atoms with Crippen molar-refractivity contribution in [1.29, 1.82) is 0 Å². The van der Waals surface area contributed by atoms with E-state index in [-0.39, 0.29) is 19.8 Å². The molecule has 2 unspecified atom stereocenters. The molecule has 5 heteroatoms. The van der Waals surface area contributed by atoms with Crippen LogP contribution in [0.15, 0.2) is 121 Å². The van der Waals surface area contributed by atoms with E-state index in [0.717, 1.165) is 11.1 Å². The van der Waals surface area contributed by atoms with Gasteiger partial charge in [-0.1, -0.05) is 0 Å². The first kappa shape index (κ1) is 22.5. The fraction of sp³-hybridized carbons (Fsp3) is 0.0714. The monoisotopic (exact) mass is 501 g/mol. The molecule has 4 aromatic carbocycles. The van der Waals surface area contributed by atoms with E-state index in [0.29, 0.717) is 5.56 Å². The van der Waals surface area contributed by atoms with Gasteiger partial charge in [0.15, 0.2) is 0 Å². The molecular weight excluding hydrogens is 477 g/mol. The molecule has 0 radical (unpaired) electrons. The summed E-state index contributed by atoms with van der Waals surface area (Å²) in [5.74, 6) is -0.489. The number of benzene rings is 4. The van der Waals surface area contributed by atoms with Crippen LogP contribution in [0.4, 0.5) is 4.79 Å². The van der Waals surface area contributed by atoms with Gasteiger partial charge in [-0.2, -0.15) is 0 Å². The fourth-order valence-electron chi connectivity index (χ4n) is 3.44. The van der Waals surface area contributed by atoms with Crippen LogP contribution in [0, 0.1) is 0 Å². The van der Waals surface area contributed by atoms with Crippen LogP contribution in [0.1, 0.15) is 32.4 Å². The minimum absolute atomic E-state index is 0.0349. The molecule has 33 heavy (non-hydrogen) atoms. The van der Waals surface area contributed by atoms with Crippen molar-refractivity contribution in [3.63, 3.8) is 0 Å². The summed E-state index contributed by atoms with van der Waals surface area (Å²) in [7, 11) is 0. The second-order valence-corrected chi connectivity index (χ2v) is 9.87. The molecule has 0 bridgehead atoms. The average molecular weight is 500 g/mol. The van der Waals surface area contributed by atoms with Gasteiger partial charge < -0.3 is 0 Å². The number of carbonyl (C=O) groups is 2. The van der Waals surface area contributed by atoms with E-state index in [4.69, 9.17) is 4.74 Å². The summed E-state index contributed by atoms with van der Waals surface area (Å²) < 4.78 is 7.16. The summed E-state index contributed by atoms with van der Waals surface area (Å²) in [4.78, 5) is 25.3. The quantitative estimate of drug-likeness (QED) is 0.361. The van der Waals surface area contributed by atoms with Crippen molar-refractivity contribution >= 4 is 31.4 Å². The number of amides is 2. The third kappa shape index (κ3) is 6.19. The number of carbonyl (C=O) groups excluding carboxylic acids is 2. The zero-order chi connectivity index (χ0) is 22.9. The number of hydrogen-bond acceptors (Lipinski definition) is 3. The molecule has 0 fully saturated rings. The van der Waals surface area contributed by atoms with Crippen LogP contribution in [0.5, 0.6) is 0 Å². The Hall–Kier alpha value is -3.66. The van der Waals surface area contributed by atoms with Crippen molar-refractivity contribution in [2.45, 2.75) is 10.9 Å². The molecule has 1 N–H and O–H groups in total. The molecule has 0 saturated heterocycles. The third-order valence-corrected chi connectivity index (χ3v) is 7.79. The molecule has 4 nitrogen and oxygen atoms in total. The predicted octanol–water partition coefficient (Wildman–Crippen LogP) is 5.07. The zero-order valence-corrected chi connectivity index (χ0v) is 19.5. The van der Waals surface area contributed by atoms with Gasteiger partial charge >= 0.3 is 200 Å². The first-order valence-electron chi connectivity index (χ1n) is 10.6. The second-order valence-electron chi connectivity index (χ2n) is 7.32. The van der Waals surface area contributed by atoms with E-state index >= 15 is 0 Å². The molecule has 2 atom stereocenters. The van der Waals surface area contributed by atoms with Gasteiger partial charge in [-0.25, -0.2) is 0 Å². The summed E-state index contributed by atoms with van der Waals surface area (Å²) in [6.07, 6.45) is -1.32. The number of ether oxygens (including phenoxy) is 1. The first-order chi connectivity index (χ1) is 16.2. The fourth-order valence-corrected chi connectivity index (χ4v) is 6.03. The van der Waals surface area contributed by atoms with Gasteiger partial charge in [0.2, 0.25) is 0 Å². The summed E-state index contributed by atoms with van der Waals surface area (Å²) >= 11 is -0.0349. The molecular formula is C28H23NO3Se. The number of imide groups is 1. The molecule has 0 aliphatic rings. The molecule has 164 valence electrons. The van der Waals surface area contributed by atoms with E-state index in [1.165, 1.54) is 4.46 Å². The van der Waals surface area contributed by atoms with Crippen LogP contribution in [-0.4, -0.2) is 27.0 Å². The van der Waals surface area contributed by atoms with Gasteiger partial charge in [-0.3, -0.25) is 0 Å². The van der Waals surface area contributed by atoms with Crippen LogP contribution < -0.4 is 9.78 Å². The molecule has 2 amide bonds. The van der Waals surface area contributed by atoms with Crippen molar-refractivity contribution in [2.24, 2.45) is 0 Å². The normalized spacial score (nSPS) is 12.4. The van der Waals surface area contributed by atoms with Crippen LogP contribution in [-0.2, 0) is 4.74 Å². The second kappa shape index (κ2) is 11.3. The molecule has 4 rings (SSSR count). The Balaban J connectivity index is 1.64. The standard InChI is InChI=1S/C28H23NO3Se/c30-27(23-17-9-3-10-18-23)29-28(31)32-25(21-13-5-1-6-14-21)26(22-15-7-2-8-16-22)33-24-19-11-4-12-20-24/h1-20,25-26H,(H,29,30,31). The predicted molar refractivity (Wildman–Crippen MR) is 131 cm³/mol. The zero-order valence-electron chi connectivity index (χ0n) is 17.8. The maximum absolute atomic E-state index is 12.9. The Morgan fingerprint density at radius 1 is 0.636 bits per heavy atom. The molecule has 0 heterocycles. The average Bonchev–Trinajstić information content (AvgIpc) is 2.88. The molecule has 4 aromatic rings. The Kier molecular flexibility index (Phi) is 7.70. The van der Waals surface area contributed by atoms with Crippen LogP contribution in [0.25, 0.3) is 0 Å². The SMILES string of the molecule is O=C(NC(=O)c1ccccc1)OC(c1ccccc1)C([Se]c1ccccc1)c1ccccc1. The Bertz CT molecular complexity index is 1170. The molecule has 0 aliphatic carbocycles. The molecule has 0 saturated carbocycles. The van der Waals surface area contributed by atoms with Crippen molar-refractivity contribution in [1.82, 2.24) is 5.32 Å². The first-order valence-corrected chi connectivity index (χ1v) is 12.4. The van der Waals surface area contributed by atoms with Gasteiger partial charge in [0.25, 0.3) is 0 Å². The van der Waals surface area contributed by atoms with E-state index in [9.17, 15) is 9.59 Å². The van der Waals surface area contributed by atoms with Crippen LogP contribution >= 0.6 is 0 Å². The summed E-state index contributed by atoms with van der Waals surface area (Å²) in [5, 5.41) is 2.37. The topological polar surface area (TPSA) is 55.4 Å². The Labute approximate surface area is 199 Å². The van der Waals surface area contributed by atoms with E-state index < -0.39 is 18.1 Å². The number of alkyl carbamates (subject to hydrolysis) is 1. The van der Waals surface area contributed by atoms with Gasteiger partial charge in [0.05, 0.1) is 0 Å². The maximum atomic E-state index is 12.9. The van der Waals surface area contributed by atoms with Crippen molar-refractivity contribution in [2.75, 3.05) is 0 Å². The molecule has 0 aromatic heterocycles. The third-order valence-electron chi connectivity index (χ3n) is 5.02. The van der Waals surface area contributed by atoms with E-state index in [1.807, 2.05) is 72.8 Å². The number of rotatable bonds is 7. The summed E-state index contributed by atoms with van der Waals surface area (Å²) in [5.41, 5.74) is 2.36. The molecule has 0 aliphatic heterocycles. The van der Waals surface area contributed by atoms with Crippen molar-refractivity contribution in [3.05, 3.63) is 138 Å². The minimum atomic E-state index is -0.762. The van der Waals surface area contributed by atoms with Crippen molar-refractivity contribution in [3.8, 4) is 0 Å². The summed E-state index contributed by atoms with van der Waals surface area (Å²) in [6.45, 7) is 0. The van der Waals surface area contributed by atoms with Crippen molar-refractivity contribution < 1.29 is 14.3 Å². The number of hydrogen-bond donors (Lipinski definition) is 1. The van der Waals surface area contributed by atoms with Gasteiger partial charge in [0, 0.05) is 0 Å². The van der Waals surface area contributed by atoms with Gasteiger partial charge in [-0.05, 0) is 0 Å². The van der Waals surface area contributed by atoms with Gasteiger partial charge in [-0.15, -0.1) is 0 Å². The number of nitrogens with one attached hydrogen (secondary N) is 1. The van der Waals surface area contributed by atoms with Crippen LogP contribution in [0.2, 0.25) is 0 Å². The van der Waals surface area contributed by atoms with Crippen LogP contribution in [0.3, 0.4) is 0 Å². The van der Waals surface area contributed by atoms with Gasteiger partial charge in [0.1, 0.15) is 0 Å². The molecule has 0 spiro atoms. The van der Waals surface area contributed by atoms with E-state index in [2.05, 4.69) is 29.6 Å². The van der Waals surface area contributed by atoms with E-state index in [1.54, 1.807) is 24.3 Å². The Morgan fingerprint density at radius 3 is 1.70 bits per heavy atom.